The van der Waals surface area contributed by atoms with Crippen molar-refractivity contribution in [3.8, 4) is 0 Å². The Morgan fingerprint density at radius 2 is 2.55 bits per heavy atom. The van der Waals surface area contributed by atoms with Crippen LogP contribution in [0.1, 0.15) is 13.3 Å². The Morgan fingerprint density at radius 1 is 1.82 bits per heavy atom. The van der Waals surface area contributed by atoms with E-state index in [1.54, 1.807) is 0 Å². The van der Waals surface area contributed by atoms with E-state index in [1.807, 2.05) is 0 Å². The third kappa shape index (κ3) is 2.84. The molecule has 0 aromatic carbocycles. The van der Waals surface area contributed by atoms with Crippen LogP contribution in [0.3, 0.4) is 0 Å². The highest BCUT2D eigenvalue weighted by Gasteiger charge is 2.25. The highest BCUT2D eigenvalue weighted by Crippen LogP contribution is 2.15. The number of carbonyl (C=O) groups excluding carboxylic acids is 1. The number of esters is 1. The standard InChI is InChI=1S/C7H11FO3/c1-5(9)10-4-7-2-6(8)3-11-7/h6-7H,2-4H2,1H3/t6-,7-/m1/s1. The molecule has 0 amide bonds. The number of ether oxygens (including phenoxy) is 2. The van der Waals surface area contributed by atoms with E-state index in [9.17, 15) is 9.18 Å². The van der Waals surface area contributed by atoms with Crippen molar-refractivity contribution >= 4 is 5.97 Å². The van der Waals surface area contributed by atoms with Crippen molar-refractivity contribution in [2.45, 2.75) is 25.6 Å². The van der Waals surface area contributed by atoms with E-state index in [-0.39, 0.29) is 25.3 Å². The number of alkyl halides is 1. The average molecular weight is 162 g/mol. The second kappa shape index (κ2) is 3.67. The zero-order chi connectivity index (χ0) is 8.27. The Morgan fingerprint density at radius 3 is 3.00 bits per heavy atom. The summed E-state index contributed by atoms with van der Waals surface area (Å²) in [4.78, 5) is 10.3. The van der Waals surface area contributed by atoms with Crippen LogP contribution in [0.4, 0.5) is 4.39 Å². The van der Waals surface area contributed by atoms with Gasteiger partial charge < -0.3 is 9.47 Å². The SMILES string of the molecule is CC(=O)OC[C@H]1C[C@@H](F)CO1. The van der Waals surface area contributed by atoms with Crippen molar-refractivity contribution in [2.75, 3.05) is 13.2 Å². The lowest BCUT2D eigenvalue weighted by Crippen LogP contribution is -2.16. The van der Waals surface area contributed by atoms with Crippen LogP contribution in [0, 0.1) is 0 Å². The Labute approximate surface area is 64.5 Å². The van der Waals surface area contributed by atoms with Crippen LogP contribution in [0.15, 0.2) is 0 Å². The van der Waals surface area contributed by atoms with E-state index in [2.05, 4.69) is 4.74 Å². The van der Waals surface area contributed by atoms with Gasteiger partial charge in [-0.05, 0) is 0 Å². The number of hydrogen-bond donors (Lipinski definition) is 0. The zero-order valence-electron chi connectivity index (χ0n) is 6.38. The summed E-state index contributed by atoms with van der Waals surface area (Å²) in [7, 11) is 0. The second-order valence-corrected chi connectivity index (χ2v) is 2.59. The second-order valence-electron chi connectivity index (χ2n) is 2.59. The maximum Gasteiger partial charge on any atom is 0.302 e. The molecule has 64 valence electrons. The lowest BCUT2D eigenvalue weighted by molar-refractivity contribution is -0.144. The summed E-state index contributed by atoms with van der Waals surface area (Å²) in [6, 6.07) is 0. The Bertz CT molecular complexity index is 149. The summed E-state index contributed by atoms with van der Waals surface area (Å²) in [5, 5.41) is 0. The Balaban J connectivity index is 2.13. The lowest BCUT2D eigenvalue weighted by atomic mass is 10.2. The fraction of sp³-hybridized carbons (Fsp3) is 0.857. The van der Waals surface area contributed by atoms with Gasteiger partial charge in [-0.3, -0.25) is 4.79 Å². The highest BCUT2D eigenvalue weighted by atomic mass is 19.1. The molecule has 11 heavy (non-hydrogen) atoms. The van der Waals surface area contributed by atoms with Gasteiger partial charge >= 0.3 is 5.97 Å². The van der Waals surface area contributed by atoms with E-state index < -0.39 is 6.17 Å². The molecule has 0 aromatic rings. The van der Waals surface area contributed by atoms with Crippen LogP contribution in [-0.2, 0) is 14.3 Å². The predicted molar refractivity (Wildman–Crippen MR) is 35.9 cm³/mol. The van der Waals surface area contributed by atoms with E-state index in [1.165, 1.54) is 6.92 Å². The van der Waals surface area contributed by atoms with Crippen molar-refractivity contribution in [1.29, 1.82) is 0 Å². The van der Waals surface area contributed by atoms with Gasteiger partial charge in [-0.1, -0.05) is 0 Å². The molecule has 0 unspecified atom stereocenters. The normalized spacial score (nSPS) is 30.4. The molecule has 1 fully saturated rings. The Kier molecular flexibility index (Phi) is 2.82. The van der Waals surface area contributed by atoms with Crippen LogP contribution in [0.2, 0.25) is 0 Å². The van der Waals surface area contributed by atoms with E-state index in [0.717, 1.165) is 0 Å². The van der Waals surface area contributed by atoms with Gasteiger partial charge in [0.15, 0.2) is 0 Å². The molecule has 0 N–H and O–H groups in total. The molecule has 0 aromatic heterocycles. The summed E-state index contributed by atoms with van der Waals surface area (Å²) < 4.78 is 22.0. The third-order valence-corrected chi connectivity index (χ3v) is 1.50. The van der Waals surface area contributed by atoms with Gasteiger partial charge in [-0.15, -0.1) is 0 Å². The molecular weight excluding hydrogens is 151 g/mol. The maximum atomic E-state index is 12.4. The Hall–Kier alpha value is -0.640. The van der Waals surface area contributed by atoms with Crippen LogP contribution < -0.4 is 0 Å². The number of carbonyl (C=O) groups is 1. The average Bonchev–Trinajstić information content (AvgIpc) is 2.31. The smallest absolute Gasteiger partial charge is 0.302 e. The van der Waals surface area contributed by atoms with Gasteiger partial charge in [0.25, 0.3) is 0 Å². The topological polar surface area (TPSA) is 35.5 Å². The molecule has 2 atom stereocenters. The van der Waals surface area contributed by atoms with Crippen molar-refractivity contribution < 1.29 is 18.7 Å². The molecular formula is C7H11FO3. The third-order valence-electron chi connectivity index (χ3n) is 1.50. The summed E-state index contributed by atoms with van der Waals surface area (Å²) in [5.41, 5.74) is 0. The number of hydrogen-bond acceptors (Lipinski definition) is 3. The lowest BCUT2D eigenvalue weighted by Gasteiger charge is -2.07. The summed E-state index contributed by atoms with van der Waals surface area (Å²) >= 11 is 0. The van der Waals surface area contributed by atoms with Gasteiger partial charge in [0, 0.05) is 13.3 Å². The van der Waals surface area contributed by atoms with Gasteiger partial charge in [0.05, 0.1) is 12.7 Å². The van der Waals surface area contributed by atoms with E-state index in [0.29, 0.717) is 6.42 Å². The van der Waals surface area contributed by atoms with Gasteiger partial charge in [-0.2, -0.15) is 0 Å². The molecule has 1 rings (SSSR count). The van der Waals surface area contributed by atoms with Crippen molar-refractivity contribution in [3.63, 3.8) is 0 Å². The fourth-order valence-electron chi connectivity index (χ4n) is 0.988. The van der Waals surface area contributed by atoms with Crippen LogP contribution in [0.5, 0.6) is 0 Å². The molecule has 1 aliphatic heterocycles. The summed E-state index contributed by atoms with van der Waals surface area (Å²) in [6.45, 7) is 1.63. The predicted octanol–water partition coefficient (Wildman–Crippen LogP) is 0.676. The molecule has 1 aliphatic rings. The first-order valence-electron chi connectivity index (χ1n) is 3.57. The zero-order valence-corrected chi connectivity index (χ0v) is 6.38. The number of halogens is 1. The van der Waals surface area contributed by atoms with E-state index in [4.69, 9.17) is 4.74 Å². The summed E-state index contributed by atoms with van der Waals surface area (Å²) in [6.07, 6.45) is -0.794. The molecule has 3 nitrogen and oxygen atoms in total. The van der Waals surface area contributed by atoms with E-state index >= 15 is 0 Å². The molecule has 0 bridgehead atoms. The number of rotatable bonds is 2. The first-order valence-corrected chi connectivity index (χ1v) is 3.57. The summed E-state index contributed by atoms with van der Waals surface area (Å²) in [5.74, 6) is -0.351. The molecule has 0 radical (unpaired) electrons. The molecule has 1 saturated heterocycles. The van der Waals surface area contributed by atoms with Crippen LogP contribution in [0.25, 0.3) is 0 Å². The molecule has 4 heteroatoms. The quantitative estimate of drug-likeness (QED) is 0.560. The minimum Gasteiger partial charge on any atom is -0.463 e. The molecule has 1 heterocycles. The monoisotopic (exact) mass is 162 g/mol. The van der Waals surface area contributed by atoms with Crippen molar-refractivity contribution in [2.24, 2.45) is 0 Å². The van der Waals surface area contributed by atoms with Gasteiger partial charge in [-0.25, -0.2) is 4.39 Å². The first kappa shape index (κ1) is 8.46. The molecule has 0 spiro atoms. The largest absolute Gasteiger partial charge is 0.463 e. The first-order chi connectivity index (χ1) is 5.18. The minimum atomic E-state index is -0.893. The van der Waals surface area contributed by atoms with Crippen LogP contribution in [-0.4, -0.2) is 31.5 Å². The molecule has 0 aliphatic carbocycles. The maximum absolute atomic E-state index is 12.4. The van der Waals surface area contributed by atoms with Gasteiger partial charge in [0.1, 0.15) is 12.8 Å². The molecule has 0 saturated carbocycles. The van der Waals surface area contributed by atoms with Crippen molar-refractivity contribution in [1.82, 2.24) is 0 Å². The van der Waals surface area contributed by atoms with Gasteiger partial charge in [0.2, 0.25) is 0 Å². The highest BCUT2D eigenvalue weighted by molar-refractivity contribution is 5.65. The van der Waals surface area contributed by atoms with Crippen LogP contribution >= 0.6 is 0 Å². The van der Waals surface area contributed by atoms with Crippen molar-refractivity contribution in [3.05, 3.63) is 0 Å². The minimum absolute atomic E-state index is 0.131. The fourth-order valence-corrected chi connectivity index (χ4v) is 0.988.